The molecular formula is C18H20N2O. The zero-order chi connectivity index (χ0) is 15.2. The summed E-state index contributed by atoms with van der Waals surface area (Å²) < 4.78 is 0. The van der Waals surface area contributed by atoms with E-state index in [1.165, 1.54) is 5.56 Å². The maximum atomic E-state index is 10.4. The number of aliphatic hydroxyl groups excluding tert-OH is 1. The minimum absolute atomic E-state index is 0.534. The minimum Gasteiger partial charge on any atom is -0.387 e. The van der Waals surface area contributed by atoms with Gasteiger partial charge in [-0.15, -0.1) is 0 Å². The van der Waals surface area contributed by atoms with Crippen molar-refractivity contribution in [3.05, 3.63) is 65.2 Å². The van der Waals surface area contributed by atoms with E-state index in [1.54, 1.807) is 12.1 Å². The highest BCUT2D eigenvalue weighted by Gasteiger charge is 2.13. The lowest BCUT2D eigenvalue weighted by Gasteiger charge is -2.26. The first kappa shape index (κ1) is 15.1. The van der Waals surface area contributed by atoms with Gasteiger partial charge in [-0.1, -0.05) is 24.3 Å². The molecule has 1 N–H and O–H groups in total. The van der Waals surface area contributed by atoms with Gasteiger partial charge in [0.25, 0.3) is 0 Å². The molecule has 1 atom stereocenters. The van der Waals surface area contributed by atoms with E-state index in [0.717, 1.165) is 17.8 Å². The Morgan fingerprint density at radius 3 is 2.48 bits per heavy atom. The van der Waals surface area contributed by atoms with Crippen LogP contribution in [-0.4, -0.2) is 18.2 Å². The second kappa shape index (κ2) is 6.92. The van der Waals surface area contributed by atoms with Crippen molar-refractivity contribution in [2.45, 2.75) is 20.0 Å². The molecule has 0 bridgehead atoms. The van der Waals surface area contributed by atoms with Crippen molar-refractivity contribution in [3.8, 4) is 6.07 Å². The molecular weight excluding hydrogens is 260 g/mol. The van der Waals surface area contributed by atoms with E-state index in [2.05, 4.69) is 43.0 Å². The Hall–Kier alpha value is -2.31. The topological polar surface area (TPSA) is 47.3 Å². The molecule has 0 saturated heterocycles. The van der Waals surface area contributed by atoms with Gasteiger partial charge < -0.3 is 10.0 Å². The molecule has 0 heterocycles. The summed E-state index contributed by atoms with van der Waals surface area (Å²) in [4.78, 5) is 2.15. The highest BCUT2D eigenvalue weighted by Crippen LogP contribution is 2.21. The third-order valence-corrected chi connectivity index (χ3v) is 3.57. The second-order valence-electron chi connectivity index (χ2n) is 5.13. The molecule has 108 valence electrons. The van der Waals surface area contributed by atoms with Crippen molar-refractivity contribution >= 4 is 5.69 Å². The van der Waals surface area contributed by atoms with Crippen LogP contribution in [0.15, 0.2) is 48.5 Å². The van der Waals surface area contributed by atoms with Crippen LogP contribution in [0.4, 0.5) is 5.69 Å². The van der Waals surface area contributed by atoms with Crippen LogP contribution in [0.25, 0.3) is 0 Å². The number of anilines is 1. The fourth-order valence-corrected chi connectivity index (χ4v) is 2.34. The monoisotopic (exact) mass is 280 g/mol. The van der Waals surface area contributed by atoms with Crippen molar-refractivity contribution in [1.29, 1.82) is 5.26 Å². The van der Waals surface area contributed by atoms with Crippen molar-refractivity contribution in [1.82, 2.24) is 0 Å². The van der Waals surface area contributed by atoms with E-state index in [9.17, 15) is 5.11 Å². The quantitative estimate of drug-likeness (QED) is 0.912. The summed E-state index contributed by atoms with van der Waals surface area (Å²) in [7, 11) is 0. The van der Waals surface area contributed by atoms with Crippen LogP contribution in [0.3, 0.4) is 0 Å². The van der Waals surface area contributed by atoms with Gasteiger partial charge >= 0.3 is 0 Å². The zero-order valence-corrected chi connectivity index (χ0v) is 12.5. The molecule has 0 aliphatic heterocycles. The summed E-state index contributed by atoms with van der Waals surface area (Å²) in [6.45, 7) is 5.50. The van der Waals surface area contributed by atoms with Gasteiger partial charge in [-0.05, 0) is 49.2 Å². The van der Waals surface area contributed by atoms with Gasteiger partial charge in [-0.3, -0.25) is 0 Å². The van der Waals surface area contributed by atoms with Crippen molar-refractivity contribution in [2.24, 2.45) is 0 Å². The average molecular weight is 280 g/mol. The van der Waals surface area contributed by atoms with Crippen molar-refractivity contribution in [3.63, 3.8) is 0 Å². The molecule has 0 aliphatic rings. The van der Waals surface area contributed by atoms with E-state index in [-0.39, 0.29) is 0 Å². The van der Waals surface area contributed by atoms with Crippen LogP contribution in [0.2, 0.25) is 0 Å². The van der Waals surface area contributed by atoms with Gasteiger partial charge in [-0.25, -0.2) is 0 Å². The molecule has 0 radical (unpaired) electrons. The first-order valence-electron chi connectivity index (χ1n) is 7.13. The maximum absolute atomic E-state index is 10.4. The Labute approximate surface area is 126 Å². The first-order chi connectivity index (χ1) is 10.1. The number of likely N-dealkylation sites (N-methyl/N-ethyl adjacent to an activating group) is 1. The normalized spacial score (nSPS) is 11.7. The maximum Gasteiger partial charge on any atom is 0.0991 e. The van der Waals surface area contributed by atoms with Crippen LogP contribution in [0.1, 0.15) is 29.7 Å². The molecule has 0 amide bonds. The highest BCUT2D eigenvalue weighted by atomic mass is 16.3. The number of nitriles is 1. The van der Waals surface area contributed by atoms with E-state index in [4.69, 9.17) is 5.26 Å². The summed E-state index contributed by atoms with van der Waals surface area (Å²) in [5, 5.41) is 19.2. The molecule has 0 aromatic heterocycles. The zero-order valence-electron chi connectivity index (χ0n) is 12.5. The van der Waals surface area contributed by atoms with Gasteiger partial charge in [0.1, 0.15) is 0 Å². The predicted molar refractivity (Wildman–Crippen MR) is 85.2 cm³/mol. The molecule has 2 rings (SSSR count). The van der Waals surface area contributed by atoms with Crippen molar-refractivity contribution < 1.29 is 5.11 Å². The smallest absolute Gasteiger partial charge is 0.0991 e. The lowest BCUT2D eigenvalue weighted by Crippen LogP contribution is -2.28. The SMILES string of the molecule is CCN(CC(O)c1ccc(C#N)cc1)c1cccc(C)c1. The largest absolute Gasteiger partial charge is 0.387 e. The number of benzene rings is 2. The Morgan fingerprint density at radius 2 is 1.90 bits per heavy atom. The molecule has 1 unspecified atom stereocenters. The van der Waals surface area contributed by atoms with Crippen LogP contribution in [0, 0.1) is 18.3 Å². The van der Waals surface area contributed by atoms with Crippen LogP contribution < -0.4 is 4.90 Å². The highest BCUT2D eigenvalue weighted by molar-refractivity contribution is 5.48. The number of aryl methyl sites for hydroxylation is 1. The van der Waals surface area contributed by atoms with Crippen LogP contribution in [0.5, 0.6) is 0 Å². The summed E-state index contributed by atoms with van der Waals surface area (Å²) in [6, 6.07) is 17.5. The number of hydrogen-bond acceptors (Lipinski definition) is 3. The van der Waals surface area contributed by atoms with Crippen molar-refractivity contribution in [2.75, 3.05) is 18.0 Å². The number of nitrogens with zero attached hydrogens (tertiary/aromatic N) is 2. The molecule has 0 saturated carbocycles. The summed E-state index contributed by atoms with van der Waals surface area (Å²) in [5.74, 6) is 0. The fraction of sp³-hybridized carbons (Fsp3) is 0.278. The summed E-state index contributed by atoms with van der Waals surface area (Å²) in [5.41, 5.74) is 3.76. The van der Waals surface area contributed by atoms with Gasteiger partial charge in [0, 0.05) is 18.8 Å². The average Bonchev–Trinajstić information content (AvgIpc) is 2.52. The molecule has 2 aromatic carbocycles. The van der Waals surface area contributed by atoms with E-state index >= 15 is 0 Å². The number of rotatable bonds is 5. The Kier molecular flexibility index (Phi) is 4.97. The molecule has 21 heavy (non-hydrogen) atoms. The third-order valence-electron chi connectivity index (χ3n) is 3.57. The van der Waals surface area contributed by atoms with Gasteiger partial charge in [0.2, 0.25) is 0 Å². The van der Waals surface area contributed by atoms with E-state index in [0.29, 0.717) is 12.1 Å². The van der Waals surface area contributed by atoms with Gasteiger partial charge in [0.05, 0.1) is 17.7 Å². The summed E-state index contributed by atoms with van der Waals surface area (Å²) in [6.07, 6.45) is -0.571. The lowest BCUT2D eigenvalue weighted by atomic mass is 10.1. The second-order valence-corrected chi connectivity index (χ2v) is 5.13. The van der Waals surface area contributed by atoms with E-state index < -0.39 is 6.10 Å². The van der Waals surface area contributed by atoms with Crippen LogP contribution in [-0.2, 0) is 0 Å². The van der Waals surface area contributed by atoms with Crippen LogP contribution >= 0.6 is 0 Å². The fourth-order valence-electron chi connectivity index (χ4n) is 2.34. The molecule has 0 fully saturated rings. The standard InChI is InChI=1S/C18H20N2O/c1-3-20(17-6-4-5-14(2)11-17)13-18(21)16-9-7-15(12-19)8-10-16/h4-11,18,21H,3,13H2,1-2H3. The Morgan fingerprint density at radius 1 is 1.19 bits per heavy atom. The van der Waals surface area contributed by atoms with Gasteiger partial charge in [-0.2, -0.15) is 5.26 Å². The first-order valence-corrected chi connectivity index (χ1v) is 7.13. The summed E-state index contributed by atoms with van der Waals surface area (Å²) >= 11 is 0. The molecule has 3 nitrogen and oxygen atoms in total. The van der Waals surface area contributed by atoms with Gasteiger partial charge in [0.15, 0.2) is 0 Å². The Bertz CT molecular complexity index is 628. The molecule has 3 heteroatoms. The lowest BCUT2D eigenvalue weighted by molar-refractivity contribution is 0.183. The molecule has 0 aliphatic carbocycles. The predicted octanol–water partition coefficient (Wildman–Crippen LogP) is 3.43. The third kappa shape index (κ3) is 3.84. The van der Waals surface area contributed by atoms with E-state index in [1.807, 2.05) is 18.2 Å². The number of hydrogen-bond donors (Lipinski definition) is 1. The molecule has 0 spiro atoms. The minimum atomic E-state index is -0.571. The number of aliphatic hydroxyl groups is 1. The Balaban J connectivity index is 2.12. The molecule has 2 aromatic rings.